The van der Waals surface area contributed by atoms with Gasteiger partial charge in [-0.05, 0) is 44.1 Å². The number of piperidine rings is 1. The second-order valence-electron chi connectivity index (χ2n) is 8.07. The highest BCUT2D eigenvalue weighted by molar-refractivity contribution is 5.88. The Kier molecular flexibility index (Phi) is 7.69. The van der Waals surface area contributed by atoms with Gasteiger partial charge < -0.3 is 15.1 Å². The summed E-state index contributed by atoms with van der Waals surface area (Å²) in [5.74, 6) is 1.00. The van der Waals surface area contributed by atoms with Crippen LogP contribution in [-0.2, 0) is 4.79 Å². The van der Waals surface area contributed by atoms with E-state index < -0.39 is 6.04 Å². The van der Waals surface area contributed by atoms with Crippen LogP contribution in [0, 0.1) is 11.8 Å². The fourth-order valence-corrected chi connectivity index (χ4v) is 3.53. The molecule has 5 heteroatoms. The molecule has 0 aliphatic carbocycles. The van der Waals surface area contributed by atoms with Gasteiger partial charge >= 0.3 is 6.03 Å². The Bertz CT molecular complexity index is 609. The first kappa shape index (κ1) is 21.3. The lowest BCUT2D eigenvalue weighted by Crippen LogP contribution is -2.51. The van der Waals surface area contributed by atoms with Crippen LogP contribution in [0.5, 0.6) is 0 Å². The molecule has 1 aromatic carbocycles. The molecule has 150 valence electrons. The predicted molar refractivity (Wildman–Crippen MR) is 109 cm³/mol. The van der Waals surface area contributed by atoms with Crippen LogP contribution < -0.4 is 5.32 Å². The molecule has 3 amide bonds. The number of nitrogens with zero attached hydrogens (tertiary/aromatic N) is 2. The largest absolute Gasteiger partial charge is 0.341 e. The van der Waals surface area contributed by atoms with Gasteiger partial charge in [-0.1, -0.05) is 51.1 Å². The Morgan fingerprint density at radius 1 is 1.15 bits per heavy atom. The summed E-state index contributed by atoms with van der Waals surface area (Å²) >= 11 is 0. The number of nitrogens with one attached hydrogen (secondary N) is 1. The summed E-state index contributed by atoms with van der Waals surface area (Å²) in [6, 6.07) is 8.87. The molecular formula is C22H35N3O2. The van der Waals surface area contributed by atoms with E-state index in [1.54, 1.807) is 0 Å². The van der Waals surface area contributed by atoms with E-state index >= 15 is 0 Å². The molecule has 0 spiro atoms. The molecule has 5 nitrogen and oxygen atoms in total. The normalized spacial score (nSPS) is 17.5. The van der Waals surface area contributed by atoms with Crippen LogP contribution in [0.3, 0.4) is 0 Å². The number of carbonyl (C=O) groups excluding carboxylic acids is 2. The summed E-state index contributed by atoms with van der Waals surface area (Å²) < 4.78 is 0. The van der Waals surface area contributed by atoms with Crippen LogP contribution in [0.2, 0.25) is 0 Å². The van der Waals surface area contributed by atoms with Crippen LogP contribution >= 0.6 is 0 Å². The Labute approximate surface area is 164 Å². The predicted octanol–water partition coefficient (Wildman–Crippen LogP) is 4.06. The summed E-state index contributed by atoms with van der Waals surface area (Å²) in [5.41, 5.74) is 0.836. The standard InChI is InChI=1S/C22H35N3O2/c1-6-25(18(5)16(2)3)22(27)23-20(19-10-8-7-9-11-19)21(26)24-14-12-17(4)13-15-24/h7-11,16-18,20H,6,12-15H2,1-5H3,(H,23,27)/t18-,20-/m1/s1. The SMILES string of the molecule is CCN(C(=O)N[C@@H](C(=O)N1CCC(C)CC1)c1ccccc1)[C@H](C)C(C)C. The Balaban J connectivity index is 2.20. The maximum atomic E-state index is 13.2. The van der Waals surface area contributed by atoms with Crippen LogP contribution in [0.4, 0.5) is 4.79 Å². The van der Waals surface area contributed by atoms with E-state index in [-0.39, 0.29) is 18.0 Å². The van der Waals surface area contributed by atoms with Gasteiger partial charge in [0.15, 0.2) is 0 Å². The van der Waals surface area contributed by atoms with E-state index in [9.17, 15) is 9.59 Å². The zero-order valence-electron chi connectivity index (χ0n) is 17.4. The molecule has 0 saturated carbocycles. The maximum absolute atomic E-state index is 13.2. The zero-order chi connectivity index (χ0) is 20.0. The highest BCUT2D eigenvalue weighted by Gasteiger charge is 2.31. The van der Waals surface area contributed by atoms with Crippen molar-refractivity contribution in [3.8, 4) is 0 Å². The molecule has 1 saturated heterocycles. The van der Waals surface area contributed by atoms with Crippen molar-refractivity contribution < 1.29 is 9.59 Å². The third-order valence-electron chi connectivity index (χ3n) is 5.80. The van der Waals surface area contributed by atoms with Gasteiger partial charge in [0.1, 0.15) is 6.04 Å². The lowest BCUT2D eigenvalue weighted by molar-refractivity contribution is -0.134. The summed E-state index contributed by atoms with van der Waals surface area (Å²) in [6.45, 7) is 12.6. The average Bonchev–Trinajstić information content (AvgIpc) is 2.67. The van der Waals surface area contributed by atoms with E-state index in [4.69, 9.17) is 0 Å². The van der Waals surface area contributed by atoms with Crippen molar-refractivity contribution in [1.82, 2.24) is 15.1 Å². The van der Waals surface area contributed by atoms with E-state index in [1.165, 1.54) is 0 Å². The third-order valence-corrected chi connectivity index (χ3v) is 5.80. The lowest BCUT2D eigenvalue weighted by atomic mass is 9.97. The molecule has 1 aliphatic rings. The fourth-order valence-electron chi connectivity index (χ4n) is 3.53. The van der Waals surface area contributed by atoms with Gasteiger partial charge in [0, 0.05) is 25.7 Å². The van der Waals surface area contributed by atoms with E-state index in [0.29, 0.717) is 18.4 Å². The van der Waals surface area contributed by atoms with Gasteiger partial charge in [0.2, 0.25) is 5.91 Å². The molecule has 2 rings (SSSR count). The van der Waals surface area contributed by atoms with Crippen molar-refractivity contribution in [3.63, 3.8) is 0 Å². The van der Waals surface area contributed by atoms with Gasteiger partial charge in [-0.15, -0.1) is 0 Å². The minimum atomic E-state index is -0.638. The first-order chi connectivity index (χ1) is 12.8. The van der Waals surface area contributed by atoms with Gasteiger partial charge in [0.05, 0.1) is 0 Å². The molecule has 1 heterocycles. The van der Waals surface area contributed by atoms with Crippen molar-refractivity contribution in [2.45, 2.75) is 59.5 Å². The van der Waals surface area contributed by atoms with Crippen molar-refractivity contribution in [2.75, 3.05) is 19.6 Å². The molecule has 2 atom stereocenters. The minimum Gasteiger partial charge on any atom is -0.341 e. The molecule has 0 aromatic heterocycles. The van der Waals surface area contributed by atoms with Gasteiger partial charge in [-0.2, -0.15) is 0 Å². The maximum Gasteiger partial charge on any atom is 0.318 e. The Hall–Kier alpha value is -2.04. The third kappa shape index (κ3) is 5.47. The van der Waals surface area contributed by atoms with E-state index in [0.717, 1.165) is 31.5 Å². The molecule has 1 aliphatic heterocycles. The van der Waals surface area contributed by atoms with E-state index in [1.807, 2.05) is 47.1 Å². The molecule has 1 N–H and O–H groups in total. The zero-order valence-corrected chi connectivity index (χ0v) is 17.4. The van der Waals surface area contributed by atoms with Crippen LogP contribution in [0.15, 0.2) is 30.3 Å². The van der Waals surface area contributed by atoms with Gasteiger partial charge in [-0.3, -0.25) is 4.79 Å². The second kappa shape index (κ2) is 9.77. The van der Waals surface area contributed by atoms with Crippen molar-refractivity contribution in [1.29, 1.82) is 0 Å². The molecule has 0 radical (unpaired) electrons. The van der Waals surface area contributed by atoms with Gasteiger partial charge in [0.25, 0.3) is 0 Å². The van der Waals surface area contributed by atoms with Crippen LogP contribution in [0.1, 0.15) is 59.1 Å². The molecule has 0 unspecified atom stereocenters. The number of benzene rings is 1. The monoisotopic (exact) mass is 373 g/mol. The first-order valence-electron chi connectivity index (χ1n) is 10.3. The first-order valence-corrected chi connectivity index (χ1v) is 10.3. The highest BCUT2D eigenvalue weighted by atomic mass is 16.2. The molecule has 27 heavy (non-hydrogen) atoms. The summed E-state index contributed by atoms with van der Waals surface area (Å²) in [6.07, 6.45) is 2.04. The topological polar surface area (TPSA) is 52.7 Å². The second-order valence-corrected chi connectivity index (χ2v) is 8.07. The number of carbonyl (C=O) groups is 2. The number of hydrogen-bond acceptors (Lipinski definition) is 2. The Morgan fingerprint density at radius 2 is 1.74 bits per heavy atom. The van der Waals surface area contributed by atoms with Crippen molar-refractivity contribution in [3.05, 3.63) is 35.9 Å². The molecule has 1 fully saturated rings. The number of rotatable bonds is 6. The average molecular weight is 374 g/mol. The van der Waals surface area contributed by atoms with Crippen molar-refractivity contribution >= 4 is 11.9 Å². The van der Waals surface area contributed by atoms with Crippen LogP contribution in [-0.4, -0.2) is 47.4 Å². The van der Waals surface area contributed by atoms with Crippen molar-refractivity contribution in [2.24, 2.45) is 11.8 Å². The molecule has 0 bridgehead atoms. The number of likely N-dealkylation sites (tertiary alicyclic amines) is 1. The summed E-state index contributed by atoms with van der Waals surface area (Å²) in [5, 5.41) is 3.02. The van der Waals surface area contributed by atoms with Crippen LogP contribution in [0.25, 0.3) is 0 Å². The van der Waals surface area contributed by atoms with Gasteiger partial charge in [-0.25, -0.2) is 4.79 Å². The number of hydrogen-bond donors (Lipinski definition) is 1. The van der Waals surface area contributed by atoms with E-state index in [2.05, 4.69) is 33.0 Å². The summed E-state index contributed by atoms with van der Waals surface area (Å²) in [4.78, 5) is 30.0. The fraction of sp³-hybridized carbons (Fsp3) is 0.636. The summed E-state index contributed by atoms with van der Waals surface area (Å²) in [7, 11) is 0. The number of urea groups is 1. The Morgan fingerprint density at radius 3 is 2.26 bits per heavy atom. The quantitative estimate of drug-likeness (QED) is 0.817. The molecule has 1 aromatic rings. The lowest BCUT2D eigenvalue weighted by Gasteiger charge is -2.35. The number of amides is 3. The minimum absolute atomic E-state index is 0.00490. The smallest absolute Gasteiger partial charge is 0.318 e. The molecular weight excluding hydrogens is 338 g/mol. The highest BCUT2D eigenvalue weighted by Crippen LogP contribution is 2.22.